The number of hydrogen-bond donors (Lipinski definition) is 1. The SMILES string of the molecule is CCN(C)Cc1cccc2[nH]c(C)nc12. The Balaban J connectivity index is 2.41. The van der Waals surface area contributed by atoms with E-state index >= 15 is 0 Å². The Morgan fingerprint density at radius 3 is 2.93 bits per heavy atom. The van der Waals surface area contributed by atoms with E-state index in [2.05, 4.69) is 47.0 Å². The van der Waals surface area contributed by atoms with Gasteiger partial charge in [0.15, 0.2) is 0 Å². The first-order valence-electron chi connectivity index (χ1n) is 5.33. The molecule has 0 aliphatic heterocycles. The predicted octanol–water partition coefficient (Wildman–Crippen LogP) is 2.32. The zero-order valence-electron chi connectivity index (χ0n) is 9.54. The van der Waals surface area contributed by atoms with Crippen molar-refractivity contribution in [3.05, 3.63) is 29.6 Å². The number of fused-ring (bicyclic) bond motifs is 1. The van der Waals surface area contributed by atoms with Gasteiger partial charge in [-0.15, -0.1) is 0 Å². The maximum absolute atomic E-state index is 4.52. The third-order valence-electron chi connectivity index (χ3n) is 2.69. The van der Waals surface area contributed by atoms with Crippen molar-refractivity contribution in [1.82, 2.24) is 14.9 Å². The maximum Gasteiger partial charge on any atom is 0.104 e. The van der Waals surface area contributed by atoms with Crippen LogP contribution in [0.1, 0.15) is 18.3 Å². The Bertz CT molecular complexity index is 459. The van der Waals surface area contributed by atoms with Crippen LogP contribution >= 0.6 is 0 Å². The second-order valence-corrected chi connectivity index (χ2v) is 3.97. The molecule has 0 saturated carbocycles. The van der Waals surface area contributed by atoms with Gasteiger partial charge in [-0.05, 0) is 32.1 Å². The van der Waals surface area contributed by atoms with Gasteiger partial charge < -0.3 is 9.88 Å². The summed E-state index contributed by atoms with van der Waals surface area (Å²) >= 11 is 0. The lowest BCUT2D eigenvalue weighted by Crippen LogP contribution is -2.16. The predicted molar refractivity (Wildman–Crippen MR) is 62.8 cm³/mol. The molecule has 2 rings (SSSR count). The minimum atomic E-state index is 0.956. The van der Waals surface area contributed by atoms with Crippen LogP contribution in [0.25, 0.3) is 11.0 Å². The molecule has 1 heterocycles. The summed E-state index contributed by atoms with van der Waals surface area (Å²) in [7, 11) is 2.12. The second-order valence-electron chi connectivity index (χ2n) is 3.97. The molecule has 1 aromatic carbocycles. The molecule has 0 spiro atoms. The van der Waals surface area contributed by atoms with E-state index < -0.39 is 0 Å². The summed E-state index contributed by atoms with van der Waals surface area (Å²) in [5.41, 5.74) is 3.53. The molecule has 1 aromatic heterocycles. The number of para-hydroxylation sites is 1. The van der Waals surface area contributed by atoms with Crippen LogP contribution in [0.2, 0.25) is 0 Å². The van der Waals surface area contributed by atoms with Crippen molar-refractivity contribution in [3.63, 3.8) is 0 Å². The molecule has 3 nitrogen and oxygen atoms in total. The molecule has 0 aliphatic carbocycles. The molecule has 15 heavy (non-hydrogen) atoms. The number of aromatic amines is 1. The number of aromatic nitrogens is 2. The Kier molecular flexibility index (Phi) is 2.73. The molecule has 0 saturated heterocycles. The number of imidazole rings is 1. The first-order valence-corrected chi connectivity index (χ1v) is 5.33. The van der Waals surface area contributed by atoms with E-state index in [1.165, 1.54) is 5.56 Å². The lowest BCUT2D eigenvalue weighted by molar-refractivity contribution is 0.347. The second kappa shape index (κ2) is 4.03. The Labute approximate surface area is 90.1 Å². The van der Waals surface area contributed by atoms with Crippen molar-refractivity contribution in [1.29, 1.82) is 0 Å². The molecule has 0 amide bonds. The fourth-order valence-corrected chi connectivity index (χ4v) is 1.74. The van der Waals surface area contributed by atoms with Crippen LogP contribution in [0.3, 0.4) is 0 Å². The summed E-state index contributed by atoms with van der Waals surface area (Å²) in [6, 6.07) is 6.30. The minimum absolute atomic E-state index is 0.956. The number of aryl methyl sites for hydroxylation is 1. The maximum atomic E-state index is 4.52. The van der Waals surface area contributed by atoms with E-state index in [0.717, 1.165) is 29.9 Å². The minimum Gasteiger partial charge on any atom is -0.342 e. The fourth-order valence-electron chi connectivity index (χ4n) is 1.74. The molecule has 0 fully saturated rings. The largest absolute Gasteiger partial charge is 0.342 e. The van der Waals surface area contributed by atoms with Crippen molar-refractivity contribution in [2.24, 2.45) is 0 Å². The average Bonchev–Trinajstić information content (AvgIpc) is 2.59. The van der Waals surface area contributed by atoms with Gasteiger partial charge in [0.25, 0.3) is 0 Å². The van der Waals surface area contributed by atoms with Crippen LogP contribution in [0.15, 0.2) is 18.2 Å². The lowest BCUT2D eigenvalue weighted by atomic mass is 10.2. The molecule has 0 atom stereocenters. The molecule has 0 unspecified atom stereocenters. The molecule has 80 valence electrons. The van der Waals surface area contributed by atoms with Crippen molar-refractivity contribution in [3.8, 4) is 0 Å². The number of nitrogens with zero attached hydrogens (tertiary/aromatic N) is 2. The van der Waals surface area contributed by atoms with Gasteiger partial charge in [0.2, 0.25) is 0 Å². The highest BCUT2D eigenvalue weighted by Crippen LogP contribution is 2.17. The van der Waals surface area contributed by atoms with E-state index in [1.807, 2.05) is 6.92 Å². The summed E-state index contributed by atoms with van der Waals surface area (Å²) in [6.45, 7) is 6.17. The first-order chi connectivity index (χ1) is 7.20. The van der Waals surface area contributed by atoms with E-state index in [9.17, 15) is 0 Å². The number of nitrogens with one attached hydrogen (secondary N) is 1. The number of rotatable bonds is 3. The molecule has 0 radical (unpaired) electrons. The van der Waals surface area contributed by atoms with Crippen LogP contribution in [0.5, 0.6) is 0 Å². The van der Waals surface area contributed by atoms with Crippen molar-refractivity contribution in [2.75, 3.05) is 13.6 Å². The normalized spacial score (nSPS) is 11.5. The van der Waals surface area contributed by atoms with Gasteiger partial charge in [-0.1, -0.05) is 19.1 Å². The molecular formula is C12H17N3. The Hall–Kier alpha value is -1.35. The molecule has 0 aliphatic rings. The standard InChI is InChI=1S/C12H17N3/c1-4-15(3)8-10-6-5-7-11-12(10)14-9(2)13-11/h5-7H,4,8H2,1-3H3,(H,13,14). The Morgan fingerprint density at radius 1 is 1.40 bits per heavy atom. The van der Waals surface area contributed by atoms with Gasteiger partial charge in [0.05, 0.1) is 11.0 Å². The summed E-state index contributed by atoms with van der Waals surface area (Å²) in [4.78, 5) is 10.1. The highest BCUT2D eigenvalue weighted by Gasteiger charge is 2.06. The zero-order chi connectivity index (χ0) is 10.8. The summed E-state index contributed by atoms with van der Waals surface area (Å²) in [5.74, 6) is 0.983. The third kappa shape index (κ3) is 2.02. The molecule has 1 N–H and O–H groups in total. The Morgan fingerprint density at radius 2 is 2.20 bits per heavy atom. The number of hydrogen-bond acceptors (Lipinski definition) is 2. The third-order valence-corrected chi connectivity index (χ3v) is 2.69. The number of benzene rings is 1. The monoisotopic (exact) mass is 203 g/mol. The quantitative estimate of drug-likeness (QED) is 0.830. The van der Waals surface area contributed by atoms with Gasteiger partial charge in [-0.3, -0.25) is 0 Å². The van der Waals surface area contributed by atoms with Gasteiger partial charge in [-0.25, -0.2) is 4.98 Å². The van der Waals surface area contributed by atoms with E-state index in [0.29, 0.717) is 0 Å². The zero-order valence-corrected chi connectivity index (χ0v) is 9.54. The van der Waals surface area contributed by atoms with E-state index in [4.69, 9.17) is 0 Å². The van der Waals surface area contributed by atoms with Gasteiger partial charge in [-0.2, -0.15) is 0 Å². The van der Waals surface area contributed by atoms with Crippen molar-refractivity contribution < 1.29 is 0 Å². The van der Waals surface area contributed by atoms with E-state index in [1.54, 1.807) is 0 Å². The highest BCUT2D eigenvalue weighted by molar-refractivity contribution is 5.78. The van der Waals surface area contributed by atoms with Crippen molar-refractivity contribution >= 4 is 11.0 Å². The van der Waals surface area contributed by atoms with Gasteiger partial charge in [0, 0.05) is 6.54 Å². The lowest BCUT2D eigenvalue weighted by Gasteiger charge is -2.13. The molecule has 3 heteroatoms. The molecule has 2 aromatic rings. The summed E-state index contributed by atoms with van der Waals surface area (Å²) < 4.78 is 0. The summed E-state index contributed by atoms with van der Waals surface area (Å²) in [6.07, 6.45) is 0. The van der Waals surface area contributed by atoms with Crippen LogP contribution < -0.4 is 0 Å². The fraction of sp³-hybridized carbons (Fsp3) is 0.417. The first kappa shape index (κ1) is 10.2. The van der Waals surface area contributed by atoms with Crippen LogP contribution in [0.4, 0.5) is 0 Å². The molecular weight excluding hydrogens is 186 g/mol. The van der Waals surface area contributed by atoms with Gasteiger partial charge in [0.1, 0.15) is 5.82 Å². The molecule has 0 bridgehead atoms. The van der Waals surface area contributed by atoms with Crippen molar-refractivity contribution in [2.45, 2.75) is 20.4 Å². The number of H-pyrrole nitrogens is 1. The van der Waals surface area contributed by atoms with Crippen LogP contribution in [-0.2, 0) is 6.54 Å². The van der Waals surface area contributed by atoms with Crippen LogP contribution in [-0.4, -0.2) is 28.5 Å². The topological polar surface area (TPSA) is 31.9 Å². The van der Waals surface area contributed by atoms with Crippen LogP contribution in [0, 0.1) is 6.92 Å². The smallest absolute Gasteiger partial charge is 0.104 e. The summed E-state index contributed by atoms with van der Waals surface area (Å²) in [5, 5.41) is 0. The van der Waals surface area contributed by atoms with Gasteiger partial charge >= 0.3 is 0 Å². The van der Waals surface area contributed by atoms with E-state index in [-0.39, 0.29) is 0 Å². The average molecular weight is 203 g/mol. The highest BCUT2D eigenvalue weighted by atomic mass is 15.1.